The molecule has 4 aromatic rings. The van der Waals surface area contributed by atoms with Gasteiger partial charge in [0.25, 0.3) is 0 Å². The van der Waals surface area contributed by atoms with Crippen molar-refractivity contribution in [3.63, 3.8) is 0 Å². The van der Waals surface area contributed by atoms with Crippen molar-refractivity contribution < 1.29 is 23.8 Å². The van der Waals surface area contributed by atoms with E-state index in [1.54, 1.807) is 62.8 Å². The molecular weight excluding hydrogens is 422 g/mol. The first-order valence-corrected chi connectivity index (χ1v) is 10.1. The highest BCUT2D eigenvalue weighted by Crippen LogP contribution is 2.35. The van der Waals surface area contributed by atoms with Crippen LogP contribution in [0.4, 0.5) is 10.5 Å². The van der Waals surface area contributed by atoms with Crippen molar-refractivity contribution in [2.24, 2.45) is 0 Å². The van der Waals surface area contributed by atoms with Gasteiger partial charge in [0.15, 0.2) is 0 Å². The van der Waals surface area contributed by atoms with Gasteiger partial charge in [0, 0.05) is 23.7 Å². The van der Waals surface area contributed by atoms with Crippen LogP contribution in [0, 0.1) is 6.92 Å². The smallest absolute Gasteiger partial charge is 0.411 e. The number of nitrogens with zero attached hydrogens (tertiary/aromatic N) is 1. The number of methoxy groups -OCH3 is 2. The number of hydrogen-bond donors (Lipinski definition) is 1. The Morgan fingerprint density at radius 2 is 1.61 bits per heavy atom. The van der Waals surface area contributed by atoms with Crippen LogP contribution in [-0.2, 0) is 0 Å². The molecule has 7 heteroatoms. The molecule has 0 saturated heterocycles. The largest absolute Gasteiger partial charge is 0.497 e. The number of carbonyl (C=O) groups is 1. The molecule has 0 bridgehead atoms. The second-order valence-corrected chi connectivity index (χ2v) is 7.13. The lowest BCUT2D eigenvalue weighted by Gasteiger charge is -2.12. The lowest BCUT2D eigenvalue weighted by molar-refractivity contribution is 0.203. The average molecular weight is 447 g/mol. The van der Waals surface area contributed by atoms with Gasteiger partial charge in [0.05, 0.1) is 19.8 Å². The third-order valence-corrected chi connectivity index (χ3v) is 5.18. The van der Waals surface area contributed by atoms with Gasteiger partial charge in [-0.1, -0.05) is 36.4 Å². The van der Waals surface area contributed by atoms with E-state index in [-0.39, 0.29) is 5.63 Å². The normalized spacial score (nSPS) is 10.2. The summed E-state index contributed by atoms with van der Waals surface area (Å²) < 4.78 is 16.1. The Bertz CT molecular complexity index is 1310. The van der Waals surface area contributed by atoms with Gasteiger partial charge in [-0.3, -0.25) is 4.90 Å². The number of benzene rings is 3. The summed E-state index contributed by atoms with van der Waals surface area (Å²) in [6, 6.07) is 21.8. The molecular formula is C26H25NO6. The number of carboxylic acid groups (broad SMARTS) is 1. The maximum absolute atomic E-state index is 12.5. The van der Waals surface area contributed by atoms with Crippen LogP contribution in [0.5, 0.6) is 11.5 Å². The van der Waals surface area contributed by atoms with Gasteiger partial charge in [-0.2, -0.15) is 0 Å². The minimum atomic E-state index is -0.948. The van der Waals surface area contributed by atoms with Gasteiger partial charge in [0.2, 0.25) is 0 Å². The predicted molar refractivity (Wildman–Crippen MR) is 129 cm³/mol. The summed E-state index contributed by atoms with van der Waals surface area (Å²) >= 11 is 0. The second-order valence-electron chi connectivity index (χ2n) is 7.13. The molecule has 4 rings (SSSR count). The number of amides is 1. The number of para-hydroxylation sites is 2. The zero-order valence-electron chi connectivity index (χ0n) is 18.9. The molecule has 0 aliphatic carbocycles. The van der Waals surface area contributed by atoms with Gasteiger partial charge in [-0.25, -0.2) is 9.59 Å². The van der Waals surface area contributed by atoms with Gasteiger partial charge < -0.3 is 19.0 Å². The Balaban J connectivity index is 0.000000235. The van der Waals surface area contributed by atoms with Crippen molar-refractivity contribution in [1.29, 1.82) is 0 Å². The summed E-state index contributed by atoms with van der Waals surface area (Å²) in [6.07, 6.45) is -0.948. The first kappa shape index (κ1) is 23.4. The summed E-state index contributed by atoms with van der Waals surface area (Å²) in [7, 11) is 4.67. The van der Waals surface area contributed by atoms with Gasteiger partial charge in [-0.05, 0) is 48.9 Å². The molecule has 1 N–H and O–H groups in total. The molecule has 170 valence electrons. The van der Waals surface area contributed by atoms with Crippen molar-refractivity contribution in [2.75, 3.05) is 26.2 Å². The average Bonchev–Trinajstić information content (AvgIpc) is 2.84. The Labute approximate surface area is 191 Å². The van der Waals surface area contributed by atoms with Gasteiger partial charge >= 0.3 is 11.7 Å². The van der Waals surface area contributed by atoms with E-state index >= 15 is 0 Å². The summed E-state index contributed by atoms with van der Waals surface area (Å²) in [5.41, 5.74) is 2.89. The maximum atomic E-state index is 12.5. The number of fused-ring (bicyclic) bond motifs is 1. The number of rotatable bonds is 4. The van der Waals surface area contributed by atoms with Crippen molar-refractivity contribution in [1.82, 2.24) is 0 Å². The van der Waals surface area contributed by atoms with Crippen LogP contribution in [0.15, 0.2) is 82.0 Å². The van der Waals surface area contributed by atoms with Crippen LogP contribution >= 0.6 is 0 Å². The molecule has 0 spiro atoms. The fourth-order valence-corrected chi connectivity index (χ4v) is 3.39. The van der Waals surface area contributed by atoms with Crippen LogP contribution in [0.2, 0.25) is 0 Å². The van der Waals surface area contributed by atoms with Crippen molar-refractivity contribution in [3.05, 3.63) is 88.8 Å². The molecule has 1 heterocycles. The highest BCUT2D eigenvalue weighted by Gasteiger charge is 2.17. The van der Waals surface area contributed by atoms with Crippen LogP contribution in [0.25, 0.3) is 22.1 Å². The molecule has 1 amide bonds. The molecule has 0 aliphatic rings. The predicted octanol–water partition coefficient (Wildman–Crippen LogP) is 5.59. The van der Waals surface area contributed by atoms with Gasteiger partial charge in [-0.15, -0.1) is 0 Å². The van der Waals surface area contributed by atoms with Crippen molar-refractivity contribution in [3.8, 4) is 22.6 Å². The van der Waals surface area contributed by atoms with Crippen molar-refractivity contribution >= 4 is 22.7 Å². The Kier molecular flexibility index (Phi) is 7.35. The molecule has 7 nitrogen and oxygen atoms in total. The fourth-order valence-electron chi connectivity index (χ4n) is 3.39. The van der Waals surface area contributed by atoms with Crippen LogP contribution in [-0.4, -0.2) is 32.5 Å². The highest BCUT2D eigenvalue weighted by atomic mass is 16.5. The zero-order chi connectivity index (χ0) is 24.0. The summed E-state index contributed by atoms with van der Waals surface area (Å²) in [6.45, 7) is 1.91. The molecule has 33 heavy (non-hydrogen) atoms. The monoisotopic (exact) mass is 447 g/mol. The van der Waals surface area contributed by atoms with E-state index in [1.165, 1.54) is 11.9 Å². The first-order valence-electron chi connectivity index (χ1n) is 10.1. The number of ether oxygens (including phenoxy) is 2. The lowest BCUT2D eigenvalue weighted by atomic mass is 9.98. The zero-order valence-corrected chi connectivity index (χ0v) is 18.9. The van der Waals surface area contributed by atoms with E-state index in [4.69, 9.17) is 19.0 Å². The number of anilines is 1. The number of aryl methyl sites for hydroxylation is 1. The molecule has 0 atom stereocenters. The van der Waals surface area contributed by atoms with E-state index in [1.807, 2.05) is 31.2 Å². The third kappa shape index (κ3) is 5.15. The van der Waals surface area contributed by atoms with Crippen molar-refractivity contribution in [2.45, 2.75) is 6.92 Å². The molecule has 3 aromatic carbocycles. The minimum Gasteiger partial charge on any atom is -0.497 e. The van der Waals surface area contributed by atoms with Gasteiger partial charge in [0.1, 0.15) is 17.1 Å². The first-order chi connectivity index (χ1) is 15.9. The maximum Gasteiger partial charge on any atom is 0.411 e. The lowest BCUT2D eigenvalue weighted by Crippen LogP contribution is -2.23. The molecule has 0 radical (unpaired) electrons. The standard InChI is InChI=1S/C18H16O4.C8H9NO2/c1-11-13-6-4-5-7-16(13)22-18(19)17(11)14-10-12(20-2)8-9-15(14)21-3;1-9(8(10)11)7-5-3-2-4-6-7/h4-10H,1-3H3;2-6H,1H3,(H,10,11). The van der Waals surface area contributed by atoms with E-state index < -0.39 is 6.09 Å². The quantitative estimate of drug-likeness (QED) is 0.411. The van der Waals surface area contributed by atoms with E-state index in [9.17, 15) is 9.59 Å². The third-order valence-electron chi connectivity index (χ3n) is 5.18. The Morgan fingerprint density at radius 1 is 0.939 bits per heavy atom. The van der Waals surface area contributed by atoms with Crippen LogP contribution in [0.3, 0.4) is 0 Å². The highest BCUT2D eigenvalue weighted by molar-refractivity contribution is 5.88. The number of hydrogen-bond acceptors (Lipinski definition) is 5. The molecule has 0 saturated carbocycles. The van der Waals surface area contributed by atoms with E-state index in [0.29, 0.717) is 33.9 Å². The SMILES string of the molecule is CN(C(=O)O)c1ccccc1.COc1ccc(OC)c(-c2c(C)c3ccccc3oc2=O)c1. The summed E-state index contributed by atoms with van der Waals surface area (Å²) in [5, 5.41) is 9.47. The minimum absolute atomic E-state index is 0.386. The summed E-state index contributed by atoms with van der Waals surface area (Å²) in [5.74, 6) is 1.26. The molecule has 0 aliphatic heterocycles. The molecule has 1 aromatic heterocycles. The van der Waals surface area contributed by atoms with E-state index in [0.717, 1.165) is 10.9 Å². The Morgan fingerprint density at radius 3 is 2.24 bits per heavy atom. The second kappa shape index (κ2) is 10.4. The molecule has 0 unspecified atom stereocenters. The fraction of sp³-hybridized carbons (Fsp3) is 0.154. The van der Waals surface area contributed by atoms with Crippen LogP contribution in [0.1, 0.15) is 5.56 Å². The topological polar surface area (TPSA) is 89.2 Å². The Hall–Kier alpha value is -4.26. The van der Waals surface area contributed by atoms with E-state index in [2.05, 4.69) is 0 Å². The van der Waals surface area contributed by atoms with Crippen LogP contribution < -0.4 is 20.0 Å². The summed E-state index contributed by atoms with van der Waals surface area (Å²) in [4.78, 5) is 24.1. The molecule has 0 fully saturated rings.